The summed E-state index contributed by atoms with van der Waals surface area (Å²) in [6.07, 6.45) is 8.10. The zero-order chi connectivity index (χ0) is 16.7. The zero-order valence-electron chi connectivity index (χ0n) is 14.7. The molecule has 1 aromatic heterocycles. The lowest BCUT2D eigenvalue weighted by molar-refractivity contribution is 0.443. The maximum absolute atomic E-state index is 4.85. The van der Waals surface area contributed by atoms with Crippen molar-refractivity contribution in [2.75, 3.05) is 32.3 Å². The number of benzene rings is 1. The molecule has 2 aliphatic heterocycles. The first-order valence-electron chi connectivity index (χ1n) is 8.48. The van der Waals surface area contributed by atoms with E-state index >= 15 is 0 Å². The van der Waals surface area contributed by atoms with Gasteiger partial charge >= 0.3 is 0 Å². The van der Waals surface area contributed by atoms with Crippen molar-refractivity contribution in [2.24, 2.45) is 0 Å². The van der Waals surface area contributed by atoms with E-state index in [2.05, 4.69) is 78.2 Å². The van der Waals surface area contributed by atoms with E-state index in [1.807, 2.05) is 0 Å². The highest BCUT2D eigenvalue weighted by molar-refractivity contribution is 8.38. The highest BCUT2D eigenvalue weighted by Crippen LogP contribution is 2.59. The molecule has 0 saturated heterocycles. The second kappa shape index (κ2) is 5.85. The number of aromatic nitrogens is 1. The zero-order valence-corrected chi connectivity index (χ0v) is 15.5. The van der Waals surface area contributed by atoms with Gasteiger partial charge in [0.25, 0.3) is 0 Å². The second-order valence-electron chi connectivity index (χ2n) is 7.09. The Hall–Kier alpha value is -1.94. The van der Waals surface area contributed by atoms with Crippen molar-refractivity contribution in [3.63, 3.8) is 0 Å². The van der Waals surface area contributed by atoms with Crippen LogP contribution in [0, 0.1) is 6.92 Å². The van der Waals surface area contributed by atoms with Crippen LogP contribution in [-0.2, 0) is 6.42 Å². The Morgan fingerprint density at radius 1 is 1.25 bits per heavy atom. The number of para-hydroxylation sites is 1. The van der Waals surface area contributed by atoms with Crippen LogP contribution in [0.1, 0.15) is 11.3 Å². The Bertz CT molecular complexity index is 842. The minimum atomic E-state index is -0.731. The lowest BCUT2D eigenvalue weighted by atomic mass is 10.1. The van der Waals surface area contributed by atoms with Gasteiger partial charge in [0.1, 0.15) is 0 Å². The predicted octanol–water partition coefficient (Wildman–Crippen LogP) is 4.05. The van der Waals surface area contributed by atoms with Gasteiger partial charge in [0.2, 0.25) is 0 Å². The Morgan fingerprint density at radius 2 is 2.08 bits per heavy atom. The topological polar surface area (TPSA) is 19.4 Å². The third-order valence-corrected chi connectivity index (χ3v) is 8.03. The van der Waals surface area contributed by atoms with E-state index in [1.165, 1.54) is 22.5 Å². The van der Waals surface area contributed by atoms with E-state index in [0.29, 0.717) is 0 Å². The third kappa shape index (κ3) is 2.80. The molecule has 3 nitrogen and oxygen atoms in total. The first-order valence-corrected chi connectivity index (χ1v) is 10.8. The molecule has 4 heteroatoms. The molecule has 0 spiro atoms. The first-order chi connectivity index (χ1) is 11.5. The number of aryl methyl sites for hydroxylation is 1. The average molecular weight is 340 g/mol. The summed E-state index contributed by atoms with van der Waals surface area (Å²) in [7, 11) is 1.42. The van der Waals surface area contributed by atoms with E-state index in [-0.39, 0.29) is 0 Å². The lowest BCUT2D eigenvalue weighted by Crippen LogP contribution is -2.22. The fourth-order valence-corrected chi connectivity index (χ4v) is 6.26. The Labute approximate surface area is 146 Å². The number of nitrogens with zero attached hydrogens (tertiary/aromatic N) is 3. The first kappa shape index (κ1) is 15.6. The highest BCUT2D eigenvalue weighted by Gasteiger charge is 2.32. The summed E-state index contributed by atoms with van der Waals surface area (Å²) >= 11 is 0. The van der Waals surface area contributed by atoms with Gasteiger partial charge in [-0.1, -0.05) is 18.2 Å². The molecule has 0 radical (unpaired) electrons. The van der Waals surface area contributed by atoms with E-state index < -0.39 is 10.0 Å². The Kier molecular flexibility index (Phi) is 3.80. The number of pyridine rings is 1. The van der Waals surface area contributed by atoms with E-state index in [4.69, 9.17) is 4.98 Å². The average Bonchev–Trinajstić information content (AvgIpc) is 2.89. The van der Waals surface area contributed by atoms with Crippen LogP contribution >= 0.6 is 10.0 Å². The van der Waals surface area contributed by atoms with Crippen molar-refractivity contribution in [1.82, 2.24) is 14.8 Å². The molecule has 4 rings (SSSR count). The molecule has 0 N–H and O–H groups in total. The molecule has 2 aliphatic rings. The van der Waals surface area contributed by atoms with Gasteiger partial charge in [-0.15, -0.1) is 0 Å². The van der Waals surface area contributed by atoms with Crippen LogP contribution in [0.4, 0.5) is 0 Å². The molecule has 3 heterocycles. The molecule has 0 amide bonds. The Morgan fingerprint density at radius 3 is 2.96 bits per heavy atom. The van der Waals surface area contributed by atoms with E-state index in [9.17, 15) is 0 Å². The van der Waals surface area contributed by atoms with Crippen LogP contribution < -0.4 is 0 Å². The summed E-state index contributed by atoms with van der Waals surface area (Å²) in [5.74, 6) is 1.17. The van der Waals surface area contributed by atoms with Gasteiger partial charge in [-0.25, -0.2) is 0 Å². The van der Waals surface area contributed by atoms with Gasteiger partial charge in [-0.2, -0.15) is 10.0 Å². The van der Waals surface area contributed by atoms with Gasteiger partial charge in [-0.3, -0.25) is 4.98 Å². The minimum absolute atomic E-state index is 0.731. The smallest absolute Gasteiger partial charge is 0.0707 e. The summed E-state index contributed by atoms with van der Waals surface area (Å²) in [6, 6.07) is 10.7. The number of hydrogen-bond acceptors (Lipinski definition) is 3. The normalized spacial score (nSPS) is 25.5. The van der Waals surface area contributed by atoms with Crippen molar-refractivity contribution < 1.29 is 0 Å². The van der Waals surface area contributed by atoms with Crippen molar-refractivity contribution in [3.05, 3.63) is 64.3 Å². The van der Waals surface area contributed by atoms with Gasteiger partial charge in [-0.05, 0) is 36.3 Å². The maximum atomic E-state index is 4.85. The number of likely N-dealkylation sites (N-methyl/N-ethyl adjacent to an activating group) is 1. The monoisotopic (exact) mass is 339 g/mol. The minimum Gasteiger partial charge on any atom is -0.375 e. The summed E-state index contributed by atoms with van der Waals surface area (Å²) in [5, 5.41) is 3.70. The van der Waals surface area contributed by atoms with Crippen LogP contribution in [-0.4, -0.2) is 47.1 Å². The van der Waals surface area contributed by atoms with Gasteiger partial charge in [0.05, 0.1) is 11.4 Å². The third-order valence-electron chi connectivity index (χ3n) is 5.01. The fourth-order valence-electron chi connectivity index (χ4n) is 3.58. The summed E-state index contributed by atoms with van der Waals surface area (Å²) < 4.78 is 0. The number of hydrogen-bond donors (Lipinski definition) is 0. The molecular weight excluding hydrogens is 314 g/mol. The van der Waals surface area contributed by atoms with E-state index in [0.717, 1.165) is 25.0 Å². The predicted molar refractivity (Wildman–Crippen MR) is 105 cm³/mol. The van der Waals surface area contributed by atoms with Gasteiger partial charge in [0.15, 0.2) is 0 Å². The molecule has 0 saturated carbocycles. The van der Waals surface area contributed by atoms with Crippen molar-refractivity contribution in [2.45, 2.75) is 13.3 Å². The van der Waals surface area contributed by atoms with E-state index in [1.54, 1.807) is 4.91 Å². The molecule has 126 valence electrons. The largest absolute Gasteiger partial charge is 0.375 e. The molecule has 0 bridgehead atoms. The van der Waals surface area contributed by atoms with Crippen LogP contribution in [0.2, 0.25) is 0 Å². The van der Waals surface area contributed by atoms with Crippen LogP contribution in [0.15, 0.2) is 53.0 Å². The standard InChI is InChI=1S/C20H25N3S/c1-16-12-17(21-20-7-5-4-6-19(16)20)8-9-23-14-18-13-22(2)10-11-24(18,3)15-23/h4-7,10-12,14H,8-9,13,15H2,1-3H3. The van der Waals surface area contributed by atoms with Crippen LogP contribution in [0.25, 0.3) is 10.9 Å². The molecule has 0 fully saturated rings. The quantitative estimate of drug-likeness (QED) is 0.841. The Balaban J connectivity index is 1.49. The molecular formula is C20H25N3S. The lowest BCUT2D eigenvalue weighted by Gasteiger charge is -2.37. The molecule has 1 unspecified atom stereocenters. The summed E-state index contributed by atoms with van der Waals surface area (Å²) in [4.78, 5) is 11.2. The van der Waals surface area contributed by atoms with Crippen molar-refractivity contribution in [3.8, 4) is 0 Å². The van der Waals surface area contributed by atoms with Crippen molar-refractivity contribution in [1.29, 1.82) is 0 Å². The fraction of sp³-hybridized carbons (Fsp3) is 0.350. The molecule has 24 heavy (non-hydrogen) atoms. The number of rotatable bonds is 3. The summed E-state index contributed by atoms with van der Waals surface area (Å²) in [5.41, 5.74) is 3.64. The molecule has 1 aromatic carbocycles. The van der Waals surface area contributed by atoms with Gasteiger partial charge < -0.3 is 9.80 Å². The number of fused-ring (bicyclic) bond motifs is 2. The highest BCUT2D eigenvalue weighted by atomic mass is 32.3. The van der Waals surface area contributed by atoms with Crippen LogP contribution in [0.5, 0.6) is 0 Å². The molecule has 1 atom stereocenters. The van der Waals surface area contributed by atoms with Crippen molar-refractivity contribution >= 4 is 20.9 Å². The second-order valence-corrected chi connectivity index (χ2v) is 10.5. The maximum Gasteiger partial charge on any atom is 0.0707 e. The summed E-state index contributed by atoms with van der Waals surface area (Å²) in [6.45, 7) is 4.31. The van der Waals surface area contributed by atoms with Gasteiger partial charge in [0, 0.05) is 54.9 Å². The molecule has 2 aromatic rings. The molecule has 0 aliphatic carbocycles. The SMILES string of the molecule is Cc1cc(CCN2C=C3CN(C)C=CS3(C)C2)nc2ccccc12. The van der Waals surface area contributed by atoms with Crippen LogP contribution in [0.3, 0.4) is 0 Å².